The van der Waals surface area contributed by atoms with Gasteiger partial charge in [0.1, 0.15) is 0 Å². The van der Waals surface area contributed by atoms with Crippen molar-refractivity contribution in [2.24, 2.45) is 12.8 Å². The minimum absolute atomic E-state index is 0.142. The Labute approximate surface area is 107 Å². The normalized spacial score (nSPS) is 12.4. The third-order valence-corrected chi connectivity index (χ3v) is 3.06. The van der Waals surface area contributed by atoms with Crippen molar-refractivity contribution in [2.75, 3.05) is 0 Å². The van der Waals surface area contributed by atoms with E-state index >= 15 is 0 Å². The molecule has 88 valence electrons. The van der Waals surface area contributed by atoms with Gasteiger partial charge in [0.05, 0.1) is 11.7 Å². The summed E-state index contributed by atoms with van der Waals surface area (Å²) in [6.07, 6.45) is 0. The zero-order valence-electron chi connectivity index (χ0n) is 9.30. The molecule has 0 fully saturated rings. The highest BCUT2D eigenvalue weighted by molar-refractivity contribution is 9.10. The molecule has 0 spiro atoms. The standard InChI is InChI=1S/C12H12BrN3O/c1-16-11(17)7-6-10(15-16)12(14)8-2-4-9(13)5-3-8/h2-7,12H,14H2,1H3. The number of halogens is 1. The number of nitrogens with zero attached hydrogens (tertiary/aromatic N) is 2. The molecule has 5 heteroatoms. The van der Waals surface area contributed by atoms with E-state index < -0.39 is 0 Å². The van der Waals surface area contributed by atoms with Crippen molar-refractivity contribution in [1.29, 1.82) is 0 Å². The van der Waals surface area contributed by atoms with Crippen LogP contribution in [0.1, 0.15) is 17.3 Å². The van der Waals surface area contributed by atoms with Crippen LogP contribution in [0.2, 0.25) is 0 Å². The van der Waals surface area contributed by atoms with Crippen molar-refractivity contribution >= 4 is 15.9 Å². The van der Waals surface area contributed by atoms with E-state index in [9.17, 15) is 4.79 Å². The maximum Gasteiger partial charge on any atom is 0.266 e. The molecule has 2 N–H and O–H groups in total. The third-order valence-electron chi connectivity index (χ3n) is 2.53. The molecule has 0 saturated heterocycles. The first-order chi connectivity index (χ1) is 8.08. The third kappa shape index (κ3) is 2.62. The predicted octanol–water partition coefficient (Wildman–Crippen LogP) is 1.59. The highest BCUT2D eigenvalue weighted by Crippen LogP contribution is 2.19. The lowest BCUT2D eigenvalue weighted by Gasteiger charge is -2.12. The highest BCUT2D eigenvalue weighted by Gasteiger charge is 2.10. The Kier molecular flexibility index (Phi) is 3.40. The first kappa shape index (κ1) is 12.0. The zero-order valence-corrected chi connectivity index (χ0v) is 10.9. The molecule has 0 aliphatic rings. The fourth-order valence-corrected chi connectivity index (χ4v) is 1.79. The van der Waals surface area contributed by atoms with E-state index in [0.717, 1.165) is 10.0 Å². The summed E-state index contributed by atoms with van der Waals surface area (Å²) in [6.45, 7) is 0. The van der Waals surface area contributed by atoms with E-state index in [0.29, 0.717) is 5.69 Å². The Morgan fingerprint density at radius 1 is 1.24 bits per heavy atom. The summed E-state index contributed by atoms with van der Waals surface area (Å²) in [5, 5.41) is 4.14. The van der Waals surface area contributed by atoms with Gasteiger partial charge in [-0.25, -0.2) is 4.68 Å². The molecule has 1 aromatic heterocycles. The molecule has 0 saturated carbocycles. The van der Waals surface area contributed by atoms with Gasteiger partial charge in [0.15, 0.2) is 0 Å². The van der Waals surface area contributed by atoms with Gasteiger partial charge < -0.3 is 5.73 Å². The number of rotatable bonds is 2. The average Bonchev–Trinajstić information content (AvgIpc) is 2.33. The molecule has 0 bridgehead atoms. The average molecular weight is 294 g/mol. The molecule has 1 unspecified atom stereocenters. The van der Waals surface area contributed by atoms with Gasteiger partial charge in [0.25, 0.3) is 5.56 Å². The second-order valence-corrected chi connectivity index (χ2v) is 4.66. The minimum Gasteiger partial charge on any atom is -0.319 e. The molecule has 0 amide bonds. The Balaban J connectivity index is 2.36. The molecule has 2 aromatic rings. The molecule has 1 aromatic carbocycles. The van der Waals surface area contributed by atoms with Gasteiger partial charge in [-0.3, -0.25) is 4.79 Å². The van der Waals surface area contributed by atoms with Crippen LogP contribution in [0.15, 0.2) is 45.7 Å². The van der Waals surface area contributed by atoms with Gasteiger partial charge >= 0.3 is 0 Å². The lowest BCUT2D eigenvalue weighted by atomic mass is 10.0. The Hall–Kier alpha value is -1.46. The fourth-order valence-electron chi connectivity index (χ4n) is 1.53. The van der Waals surface area contributed by atoms with Crippen LogP contribution in [-0.4, -0.2) is 9.78 Å². The number of aryl methyl sites for hydroxylation is 1. The van der Waals surface area contributed by atoms with Crippen LogP contribution in [0.3, 0.4) is 0 Å². The lowest BCUT2D eigenvalue weighted by Crippen LogP contribution is -2.23. The van der Waals surface area contributed by atoms with Crippen LogP contribution >= 0.6 is 15.9 Å². The van der Waals surface area contributed by atoms with E-state index in [1.807, 2.05) is 24.3 Å². The van der Waals surface area contributed by atoms with Crippen molar-refractivity contribution < 1.29 is 0 Å². The van der Waals surface area contributed by atoms with Crippen LogP contribution < -0.4 is 11.3 Å². The van der Waals surface area contributed by atoms with E-state index in [1.165, 1.54) is 10.7 Å². The predicted molar refractivity (Wildman–Crippen MR) is 69.7 cm³/mol. The minimum atomic E-state index is -0.324. The fraction of sp³-hybridized carbons (Fsp3) is 0.167. The maximum absolute atomic E-state index is 11.2. The monoisotopic (exact) mass is 293 g/mol. The van der Waals surface area contributed by atoms with Gasteiger partial charge in [-0.05, 0) is 23.8 Å². The summed E-state index contributed by atoms with van der Waals surface area (Å²) in [5.41, 5.74) is 7.58. The maximum atomic E-state index is 11.2. The highest BCUT2D eigenvalue weighted by atomic mass is 79.9. The summed E-state index contributed by atoms with van der Waals surface area (Å²) in [7, 11) is 1.61. The van der Waals surface area contributed by atoms with Gasteiger partial charge in [-0.2, -0.15) is 5.10 Å². The van der Waals surface area contributed by atoms with Crippen LogP contribution in [-0.2, 0) is 7.05 Å². The van der Waals surface area contributed by atoms with Crippen molar-refractivity contribution in [3.63, 3.8) is 0 Å². The molecule has 4 nitrogen and oxygen atoms in total. The summed E-state index contributed by atoms with van der Waals surface area (Å²) in [4.78, 5) is 11.2. The van der Waals surface area contributed by atoms with Crippen LogP contribution in [0.25, 0.3) is 0 Å². The van der Waals surface area contributed by atoms with Gasteiger partial charge in [0, 0.05) is 17.6 Å². The van der Waals surface area contributed by atoms with Crippen molar-refractivity contribution in [3.8, 4) is 0 Å². The summed E-state index contributed by atoms with van der Waals surface area (Å²) >= 11 is 3.37. The first-order valence-electron chi connectivity index (χ1n) is 5.13. The Morgan fingerprint density at radius 3 is 2.47 bits per heavy atom. The Bertz CT molecular complexity index is 577. The van der Waals surface area contributed by atoms with Crippen molar-refractivity contribution in [1.82, 2.24) is 9.78 Å². The quantitative estimate of drug-likeness (QED) is 0.915. The van der Waals surface area contributed by atoms with Crippen molar-refractivity contribution in [3.05, 3.63) is 62.5 Å². The van der Waals surface area contributed by atoms with E-state index in [2.05, 4.69) is 21.0 Å². The van der Waals surface area contributed by atoms with Gasteiger partial charge in [0.2, 0.25) is 0 Å². The van der Waals surface area contributed by atoms with Crippen LogP contribution in [0, 0.1) is 0 Å². The molecule has 0 radical (unpaired) electrons. The second-order valence-electron chi connectivity index (χ2n) is 3.75. The lowest BCUT2D eigenvalue weighted by molar-refractivity contribution is 0.655. The summed E-state index contributed by atoms with van der Waals surface area (Å²) in [6, 6.07) is 10.5. The molecule has 1 atom stereocenters. The molecule has 0 aliphatic heterocycles. The largest absolute Gasteiger partial charge is 0.319 e. The molecule has 1 heterocycles. The molecule has 2 rings (SSSR count). The smallest absolute Gasteiger partial charge is 0.266 e. The number of nitrogens with two attached hydrogens (primary N) is 1. The van der Waals surface area contributed by atoms with E-state index in [1.54, 1.807) is 13.1 Å². The van der Waals surface area contributed by atoms with E-state index in [4.69, 9.17) is 5.73 Å². The molecule has 0 aliphatic carbocycles. The van der Waals surface area contributed by atoms with Gasteiger partial charge in [-0.15, -0.1) is 0 Å². The second kappa shape index (κ2) is 4.81. The van der Waals surface area contributed by atoms with Crippen LogP contribution in [0.5, 0.6) is 0 Å². The SMILES string of the molecule is Cn1nc(C(N)c2ccc(Br)cc2)ccc1=O. The van der Waals surface area contributed by atoms with Crippen LogP contribution in [0.4, 0.5) is 0 Å². The topological polar surface area (TPSA) is 60.9 Å². The van der Waals surface area contributed by atoms with Gasteiger partial charge in [-0.1, -0.05) is 28.1 Å². The van der Waals surface area contributed by atoms with Crippen molar-refractivity contribution in [2.45, 2.75) is 6.04 Å². The summed E-state index contributed by atoms with van der Waals surface area (Å²) in [5.74, 6) is 0. The molecular weight excluding hydrogens is 282 g/mol. The number of aromatic nitrogens is 2. The van der Waals surface area contributed by atoms with E-state index in [-0.39, 0.29) is 11.6 Å². The zero-order chi connectivity index (χ0) is 12.4. The first-order valence-corrected chi connectivity index (χ1v) is 5.92. The molecule has 17 heavy (non-hydrogen) atoms. The number of hydrogen-bond donors (Lipinski definition) is 1. The number of hydrogen-bond acceptors (Lipinski definition) is 3. The molecular formula is C12H12BrN3O. The Morgan fingerprint density at radius 2 is 1.88 bits per heavy atom. The summed E-state index contributed by atoms with van der Waals surface area (Å²) < 4.78 is 2.29. The number of benzene rings is 1.